The molecule has 0 fully saturated rings. The van der Waals surface area contributed by atoms with E-state index in [4.69, 9.17) is 15.2 Å². The summed E-state index contributed by atoms with van der Waals surface area (Å²) in [4.78, 5) is 9.35. The largest absolute Gasteiger partial charge is 0.497 e. The molecule has 6 nitrogen and oxygen atoms in total. The van der Waals surface area contributed by atoms with Crippen LogP contribution in [0, 0.1) is 0 Å². The van der Waals surface area contributed by atoms with Crippen molar-refractivity contribution in [2.45, 2.75) is 31.7 Å². The highest BCUT2D eigenvalue weighted by atomic mass is 32.2. The molecule has 1 aromatic heterocycles. The van der Waals surface area contributed by atoms with Gasteiger partial charge in [0, 0.05) is 41.5 Å². The molecular formula is C24H30N4O2S. The zero-order chi connectivity index (χ0) is 22.6. The molecule has 0 aliphatic rings. The number of pyridine rings is 1. The van der Waals surface area contributed by atoms with E-state index in [1.807, 2.05) is 69.3 Å². The van der Waals surface area contributed by atoms with Gasteiger partial charge < -0.3 is 15.2 Å². The van der Waals surface area contributed by atoms with Gasteiger partial charge in [-0.05, 0) is 67.4 Å². The van der Waals surface area contributed by atoms with Gasteiger partial charge in [-0.15, -0.1) is 0 Å². The van der Waals surface area contributed by atoms with E-state index in [1.54, 1.807) is 32.6 Å². The molecule has 3 N–H and O–H groups in total. The molecule has 0 spiro atoms. The molecule has 2 aromatic carbocycles. The number of nitrogens with zero attached hydrogens (tertiary/aromatic N) is 2. The minimum Gasteiger partial charge on any atom is -0.497 e. The Balaban J connectivity index is 0.00000166. The van der Waals surface area contributed by atoms with E-state index in [-0.39, 0.29) is 6.04 Å². The molecule has 7 heteroatoms. The van der Waals surface area contributed by atoms with E-state index in [9.17, 15) is 0 Å². The molecule has 3 aromatic rings. The molecule has 31 heavy (non-hydrogen) atoms. The van der Waals surface area contributed by atoms with Crippen LogP contribution in [0.25, 0.3) is 10.9 Å². The predicted octanol–water partition coefficient (Wildman–Crippen LogP) is 5.59. The monoisotopic (exact) mass is 438 g/mol. The second-order valence-corrected chi connectivity index (χ2v) is 7.19. The zero-order valence-electron chi connectivity index (χ0n) is 18.6. The van der Waals surface area contributed by atoms with Crippen LogP contribution in [0.2, 0.25) is 0 Å². The van der Waals surface area contributed by atoms with Gasteiger partial charge in [0.25, 0.3) is 0 Å². The van der Waals surface area contributed by atoms with Crippen molar-refractivity contribution in [2.24, 2.45) is 10.7 Å². The van der Waals surface area contributed by atoms with Gasteiger partial charge in [0.1, 0.15) is 17.2 Å². The fourth-order valence-corrected chi connectivity index (χ4v) is 3.27. The topological polar surface area (TPSA) is 81.8 Å². The van der Waals surface area contributed by atoms with E-state index in [1.165, 1.54) is 11.9 Å². The van der Waals surface area contributed by atoms with Crippen LogP contribution in [0.1, 0.15) is 20.8 Å². The first-order valence-electron chi connectivity index (χ1n) is 10.1. The van der Waals surface area contributed by atoms with Crippen LogP contribution in [-0.4, -0.2) is 31.4 Å². The highest BCUT2D eigenvalue weighted by Gasteiger charge is 2.07. The number of allylic oxidation sites excluding steroid dienone is 1. The van der Waals surface area contributed by atoms with Crippen molar-refractivity contribution in [1.29, 1.82) is 0 Å². The third-order valence-electron chi connectivity index (χ3n) is 4.23. The van der Waals surface area contributed by atoms with Crippen molar-refractivity contribution in [3.8, 4) is 17.2 Å². The van der Waals surface area contributed by atoms with Crippen LogP contribution in [0.5, 0.6) is 17.2 Å². The Hall–Kier alpha value is -3.03. The minimum absolute atomic E-state index is 0.0223. The van der Waals surface area contributed by atoms with Crippen LogP contribution in [0.4, 0.5) is 0 Å². The van der Waals surface area contributed by atoms with Gasteiger partial charge in [0.15, 0.2) is 0 Å². The Bertz CT molecular complexity index is 1020. The van der Waals surface area contributed by atoms with E-state index >= 15 is 0 Å². The maximum absolute atomic E-state index is 6.07. The highest BCUT2D eigenvalue weighted by molar-refractivity contribution is 7.97. The summed E-state index contributed by atoms with van der Waals surface area (Å²) in [5.74, 6) is 2.27. The van der Waals surface area contributed by atoms with E-state index in [2.05, 4.69) is 14.7 Å². The van der Waals surface area contributed by atoms with Gasteiger partial charge in [-0.1, -0.05) is 13.8 Å². The minimum atomic E-state index is 0.0223. The molecule has 1 unspecified atom stereocenters. The van der Waals surface area contributed by atoms with Crippen molar-refractivity contribution in [3.05, 3.63) is 66.5 Å². The summed E-state index contributed by atoms with van der Waals surface area (Å²) in [7, 11) is 3.35. The van der Waals surface area contributed by atoms with Gasteiger partial charge >= 0.3 is 0 Å². The molecule has 164 valence electrons. The lowest BCUT2D eigenvalue weighted by Crippen LogP contribution is -2.26. The number of rotatable bonds is 8. The predicted molar refractivity (Wildman–Crippen MR) is 131 cm³/mol. The number of hydrogen-bond donors (Lipinski definition) is 2. The molecular weight excluding hydrogens is 408 g/mol. The molecule has 0 bridgehead atoms. The normalized spacial score (nSPS) is 12.4. The molecule has 0 aliphatic carbocycles. The lowest BCUT2D eigenvalue weighted by molar-refractivity contribution is 0.415. The van der Waals surface area contributed by atoms with Crippen LogP contribution in [0.3, 0.4) is 0 Å². The van der Waals surface area contributed by atoms with E-state index in [0.717, 1.165) is 38.7 Å². The van der Waals surface area contributed by atoms with Crippen molar-refractivity contribution >= 4 is 29.1 Å². The number of benzene rings is 2. The van der Waals surface area contributed by atoms with Crippen molar-refractivity contribution in [3.63, 3.8) is 0 Å². The Morgan fingerprint density at radius 2 is 1.84 bits per heavy atom. The third-order valence-corrected chi connectivity index (χ3v) is 5.21. The van der Waals surface area contributed by atoms with Crippen molar-refractivity contribution in [2.75, 3.05) is 14.2 Å². The van der Waals surface area contributed by atoms with Crippen molar-refractivity contribution in [1.82, 2.24) is 9.71 Å². The summed E-state index contributed by atoms with van der Waals surface area (Å²) in [6.07, 6.45) is 5.21. The SMILES string of the molecule is CC.CN=C/C=C(\N)C(C)NSc1ccc(Oc2ccnc3cc(OC)ccc23)cc1. The summed E-state index contributed by atoms with van der Waals surface area (Å²) in [6.45, 7) is 6.00. The lowest BCUT2D eigenvalue weighted by Gasteiger charge is -2.13. The Kier molecular flexibility index (Phi) is 9.87. The standard InChI is InChI=1S/C22H24N4O2S.C2H6/c1-15(20(23)10-12-24-2)26-29-18-7-4-16(5-8-18)28-22-11-13-25-21-14-17(27-3)6-9-19(21)22;1-2/h4-15,26H,23H2,1-3H3;1-2H3/b20-10-,24-12?;. The van der Waals surface area contributed by atoms with E-state index in [0.29, 0.717) is 0 Å². The molecule has 0 aliphatic heterocycles. The quantitative estimate of drug-likeness (QED) is 0.352. The zero-order valence-corrected chi connectivity index (χ0v) is 19.4. The van der Waals surface area contributed by atoms with E-state index < -0.39 is 0 Å². The van der Waals surface area contributed by atoms with Gasteiger partial charge in [0.2, 0.25) is 0 Å². The summed E-state index contributed by atoms with van der Waals surface area (Å²) >= 11 is 1.52. The molecule has 0 amide bonds. The maximum Gasteiger partial charge on any atom is 0.138 e. The number of aliphatic imine (C=N–C) groups is 1. The average molecular weight is 439 g/mol. The van der Waals surface area contributed by atoms with Crippen molar-refractivity contribution < 1.29 is 9.47 Å². The number of methoxy groups -OCH3 is 1. The second kappa shape index (κ2) is 12.6. The third kappa shape index (κ3) is 7.01. The summed E-state index contributed by atoms with van der Waals surface area (Å²) in [6, 6.07) is 15.5. The molecule has 3 rings (SSSR count). The number of nitrogens with two attached hydrogens (primary N) is 1. The van der Waals surface area contributed by atoms with Gasteiger partial charge in [0.05, 0.1) is 18.7 Å². The lowest BCUT2D eigenvalue weighted by atomic mass is 10.2. The van der Waals surface area contributed by atoms with Crippen LogP contribution in [0.15, 0.2) is 76.4 Å². The van der Waals surface area contributed by atoms with Crippen LogP contribution >= 0.6 is 11.9 Å². The fraction of sp³-hybridized carbons (Fsp3) is 0.250. The number of ether oxygens (including phenoxy) is 2. The number of aromatic nitrogens is 1. The Morgan fingerprint density at radius 1 is 1.13 bits per heavy atom. The van der Waals surface area contributed by atoms with Gasteiger partial charge in [-0.25, -0.2) is 0 Å². The fourth-order valence-electron chi connectivity index (χ4n) is 2.55. The number of nitrogens with one attached hydrogen (secondary N) is 1. The average Bonchev–Trinajstić information content (AvgIpc) is 2.82. The molecule has 0 radical (unpaired) electrons. The number of hydrogen-bond acceptors (Lipinski definition) is 7. The van der Waals surface area contributed by atoms with Gasteiger partial charge in [-0.3, -0.25) is 14.7 Å². The number of fused-ring (bicyclic) bond motifs is 1. The first-order valence-corrected chi connectivity index (χ1v) is 10.9. The smallest absolute Gasteiger partial charge is 0.138 e. The highest BCUT2D eigenvalue weighted by Crippen LogP contribution is 2.31. The summed E-state index contributed by atoms with van der Waals surface area (Å²) in [5, 5.41) is 0.931. The first kappa shape index (κ1) is 24.2. The molecule has 1 heterocycles. The van der Waals surface area contributed by atoms with Crippen LogP contribution < -0.4 is 19.9 Å². The molecule has 0 saturated carbocycles. The van der Waals surface area contributed by atoms with Crippen LogP contribution in [-0.2, 0) is 0 Å². The summed E-state index contributed by atoms with van der Waals surface area (Å²) in [5.41, 5.74) is 7.55. The summed E-state index contributed by atoms with van der Waals surface area (Å²) < 4.78 is 14.6. The second-order valence-electron chi connectivity index (χ2n) is 6.28. The van der Waals surface area contributed by atoms with Gasteiger partial charge in [-0.2, -0.15) is 0 Å². The molecule has 1 atom stereocenters. The Labute approximate surface area is 188 Å². The maximum atomic E-state index is 6.07. The Morgan fingerprint density at radius 3 is 2.52 bits per heavy atom. The first-order chi connectivity index (χ1) is 15.1. The molecule has 0 saturated heterocycles.